The van der Waals surface area contributed by atoms with Gasteiger partial charge in [0.25, 0.3) is 0 Å². The molecule has 0 atom stereocenters. The molecule has 3 heteroatoms. The number of benzene rings is 2. The second kappa shape index (κ2) is 22.8. The number of carbonyl (C=O) groups excluding carboxylic acids is 1. The van der Waals surface area contributed by atoms with Crippen molar-refractivity contribution in [2.24, 2.45) is 0 Å². The van der Waals surface area contributed by atoms with Crippen molar-refractivity contribution < 1.29 is 9.53 Å². The number of carbonyl (C=O) groups is 1. The van der Waals surface area contributed by atoms with Gasteiger partial charge in [-0.25, -0.2) is 0 Å². The van der Waals surface area contributed by atoms with Crippen molar-refractivity contribution in [3.05, 3.63) is 65.7 Å². The fourth-order valence-corrected chi connectivity index (χ4v) is 5.49. The molecule has 0 radical (unpaired) electrons. The number of ether oxygens (including phenoxy) is 1. The molecule has 0 bridgehead atoms. The largest absolute Gasteiger partial charge is 0.494 e. The summed E-state index contributed by atoms with van der Waals surface area (Å²) >= 11 is 1.83. The summed E-state index contributed by atoms with van der Waals surface area (Å²) in [5.41, 5.74) is 1.74. The molecule has 0 unspecified atom stereocenters. The van der Waals surface area contributed by atoms with Crippen LogP contribution in [0.1, 0.15) is 139 Å². The Bertz CT molecular complexity index is 885. The van der Waals surface area contributed by atoms with Gasteiger partial charge in [-0.3, -0.25) is 4.79 Å². The summed E-state index contributed by atoms with van der Waals surface area (Å²) in [6.45, 7) is 5.24. The van der Waals surface area contributed by atoms with E-state index in [1.165, 1.54) is 101 Å². The third-order valence-electron chi connectivity index (χ3n) is 7.19. The van der Waals surface area contributed by atoms with Gasteiger partial charge in [0, 0.05) is 10.5 Å². The van der Waals surface area contributed by atoms with Crippen LogP contribution in [0.3, 0.4) is 0 Å². The molecule has 0 amide bonds. The third-order valence-corrected chi connectivity index (χ3v) is 8.40. The van der Waals surface area contributed by atoms with Crippen LogP contribution in [0.4, 0.5) is 0 Å². The first-order valence-electron chi connectivity index (χ1n) is 15.9. The summed E-state index contributed by atoms with van der Waals surface area (Å²) in [7, 11) is 0. The first-order valence-corrected chi connectivity index (χ1v) is 16.9. The highest BCUT2D eigenvalue weighted by molar-refractivity contribution is 7.99. The summed E-state index contributed by atoms with van der Waals surface area (Å²) in [4.78, 5) is 13.7. The first-order chi connectivity index (χ1) is 19.2. The Kier molecular flexibility index (Phi) is 19.4. The second-order valence-corrected chi connectivity index (χ2v) is 12.0. The molecule has 0 aromatic heterocycles. The van der Waals surface area contributed by atoms with Crippen LogP contribution in [0.15, 0.2) is 59.5 Å². The Morgan fingerprint density at radius 3 is 1.67 bits per heavy atom. The van der Waals surface area contributed by atoms with Gasteiger partial charge in [-0.15, -0.1) is 11.8 Å². The summed E-state index contributed by atoms with van der Waals surface area (Å²) in [5.74, 6) is 2.04. The predicted molar refractivity (Wildman–Crippen MR) is 172 cm³/mol. The molecule has 0 aliphatic rings. The zero-order valence-corrected chi connectivity index (χ0v) is 25.7. The number of unbranched alkanes of at least 4 members (excludes halogenated alkanes) is 15. The molecule has 0 spiro atoms. The molecule has 0 fully saturated rings. The second-order valence-electron chi connectivity index (χ2n) is 10.8. The smallest absolute Gasteiger partial charge is 0.185 e. The van der Waals surface area contributed by atoms with Crippen LogP contribution >= 0.6 is 11.8 Å². The zero-order chi connectivity index (χ0) is 27.8. The fourth-order valence-electron chi connectivity index (χ4n) is 4.72. The van der Waals surface area contributed by atoms with Gasteiger partial charge < -0.3 is 4.74 Å². The Hall–Kier alpha value is -2.00. The minimum Gasteiger partial charge on any atom is -0.494 e. The maximum atomic E-state index is 12.5. The highest BCUT2D eigenvalue weighted by Crippen LogP contribution is 2.20. The monoisotopic (exact) mass is 550 g/mol. The van der Waals surface area contributed by atoms with E-state index in [-0.39, 0.29) is 5.78 Å². The van der Waals surface area contributed by atoms with Gasteiger partial charge in [0.2, 0.25) is 0 Å². The van der Waals surface area contributed by atoms with Crippen LogP contribution in [-0.4, -0.2) is 18.1 Å². The van der Waals surface area contributed by atoms with E-state index in [0.717, 1.165) is 42.1 Å². The van der Waals surface area contributed by atoms with Gasteiger partial charge in [0.1, 0.15) is 5.75 Å². The average Bonchev–Trinajstić information content (AvgIpc) is 2.97. The Balaban J connectivity index is 1.46. The van der Waals surface area contributed by atoms with Crippen molar-refractivity contribution in [3.8, 4) is 5.75 Å². The van der Waals surface area contributed by atoms with E-state index in [0.29, 0.717) is 0 Å². The van der Waals surface area contributed by atoms with E-state index in [2.05, 4.69) is 13.8 Å². The van der Waals surface area contributed by atoms with Crippen LogP contribution in [0, 0.1) is 0 Å². The van der Waals surface area contributed by atoms with E-state index in [1.807, 2.05) is 66.4 Å². The summed E-state index contributed by atoms with van der Waals surface area (Å²) in [5, 5.41) is 0. The molecule has 39 heavy (non-hydrogen) atoms. The Morgan fingerprint density at radius 1 is 0.641 bits per heavy atom. The van der Waals surface area contributed by atoms with Gasteiger partial charge in [-0.2, -0.15) is 0 Å². The molecule has 0 heterocycles. The van der Waals surface area contributed by atoms with Gasteiger partial charge in [0.15, 0.2) is 5.78 Å². The van der Waals surface area contributed by atoms with Crippen molar-refractivity contribution in [2.75, 3.05) is 12.4 Å². The molecular formula is C36H54O2S. The van der Waals surface area contributed by atoms with Crippen molar-refractivity contribution >= 4 is 23.6 Å². The minimum absolute atomic E-state index is 0.0332. The average molecular weight is 551 g/mol. The maximum Gasteiger partial charge on any atom is 0.185 e. The number of hydrogen-bond acceptors (Lipinski definition) is 3. The molecule has 2 rings (SSSR count). The molecule has 0 saturated carbocycles. The van der Waals surface area contributed by atoms with E-state index in [1.54, 1.807) is 6.08 Å². The summed E-state index contributed by atoms with van der Waals surface area (Å²) < 4.78 is 5.92. The zero-order valence-electron chi connectivity index (χ0n) is 24.9. The lowest BCUT2D eigenvalue weighted by molar-refractivity contribution is 0.104. The molecule has 0 saturated heterocycles. The van der Waals surface area contributed by atoms with E-state index in [9.17, 15) is 4.79 Å². The van der Waals surface area contributed by atoms with Crippen molar-refractivity contribution in [1.29, 1.82) is 0 Å². The summed E-state index contributed by atoms with van der Waals surface area (Å²) in [6, 6.07) is 15.9. The Labute approximate surface area is 244 Å². The van der Waals surface area contributed by atoms with Crippen molar-refractivity contribution in [2.45, 2.75) is 128 Å². The fraction of sp³-hybridized carbons (Fsp3) is 0.583. The first kappa shape index (κ1) is 33.2. The van der Waals surface area contributed by atoms with Gasteiger partial charge in [-0.1, -0.05) is 128 Å². The third kappa shape index (κ3) is 16.6. The van der Waals surface area contributed by atoms with E-state index >= 15 is 0 Å². The number of thioether (sulfide) groups is 1. The van der Waals surface area contributed by atoms with Crippen LogP contribution < -0.4 is 4.74 Å². The van der Waals surface area contributed by atoms with Crippen molar-refractivity contribution in [1.82, 2.24) is 0 Å². The van der Waals surface area contributed by atoms with Crippen molar-refractivity contribution in [3.63, 3.8) is 0 Å². The lowest BCUT2D eigenvalue weighted by Crippen LogP contribution is -1.97. The van der Waals surface area contributed by atoms with Gasteiger partial charge >= 0.3 is 0 Å². The number of ketones is 1. The van der Waals surface area contributed by atoms with E-state index in [4.69, 9.17) is 4.74 Å². The molecule has 2 aromatic rings. The van der Waals surface area contributed by atoms with Gasteiger partial charge in [-0.05, 0) is 66.6 Å². The summed E-state index contributed by atoms with van der Waals surface area (Å²) in [6.07, 6.45) is 26.8. The molecule has 2 aromatic carbocycles. The highest BCUT2D eigenvalue weighted by atomic mass is 32.2. The van der Waals surface area contributed by atoms with Crippen LogP contribution in [0.5, 0.6) is 5.75 Å². The SMILES string of the molecule is CCCCCCCCCCCCCCCCCCOc1ccc(/C=C/C(=O)c2ccc(SCCC)cc2)cc1. The lowest BCUT2D eigenvalue weighted by atomic mass is 10.0. The predicted octanol–water partition coefficient (Wildman–Crippen LogP) is 11.7. The maximum absolute atomic E-state index is 12.5. The Morgan fingerprint density at radius 2 is 1.15 bits per heavy atom. The highest BCUT2D eigenvalue weighted by Gasteiger charge is 2.03. The standard InChI is InChI=1S/C36H54O2S/c1-3-5-6-7-8-9-10-11-12-13-14-15-16-17-18-19-30-38-34-25-20-32(21-26-34)22-29-36(37)33-23-27-35(28-24-33)39-31-4-2/h20-29H,3-19,30-31H2,1-2H3/b29-22+. The molecule has 0 N–H and O–H groups in total. The molecule has 0 aliphatic heterocycles. The molecule has 2 nitrogen and oxygen atoms in total. The van der Waals surface area contributed by atoms with Gasteiger partial charge in [0.05, 0.1) is 6.61 Å². The topological polar surface area (TPSA) is 26.3 Å². The minimum atomic E-state index is 0.0332. The number of allylic oxidation sites excluding steroid dienone is 1. The number of rotatable bonds is 24. The van der Waals surface area contributed by atoms with Crippen LogP contribution in [-0.2, 0) is 0 Å². The van der Waals surface area contributed by atoms with Crippen LogP contribution in [0.2, 0.25) is 0 Å². The molecular weight excluding hydrogens is 496 g/mol. The van der Waals surface area contributed by atoms with Crippen LogP contribution in [0.25, 0.3) is 6.08 Å². The quantitative estimate of drug-likeness (QED) is 0.0562. The lowest BCUT2D eigenvalue weighted by Gasteiger charge is -2.07. The number of hydrogen-bond donors (Lipinski definition) is 0. The molecule has 216 valence electrons. The van der Waals surface area contributed by atoms with E-state index < -0.39 is 0 Å². The molecule has 0 aliphatic carbocycles. The normalized spacial score (nSPS) is 11.3.